The van der Waals surface area contributed by atoms with Crippen LogP contribution in [-0.4, -0.2) is 14.7 Å². The Morgan fingerprint density at radius 2 is 2.27 bits per heavy atom. The van der Waals surface area contributed by atoms with Crippen LogP contribution in [-0.2, 0) is 9.84 Å². The van der Waals surface area contributed by atoms with Crippen LogP contribution >= 0.6 is 11.3 Å². The predicted molar refractivity (Wildman–Crippen MR) is 48.2 cm³/mol. The second-order valence-corrected chi connectivity index (χ2v) is 5.16. The van der Waals surface area contributed by atoms with Crippen molar-refractivity contribution in [1.82, 2.24) is 0 Å². The van der Waals surface area contributed by atoms with Crippen molar-refractivity contribution >= 4 is 26.1 Å². The second kappa shape index (κ2) is 2.79. The molecule has 0 aliphatic rings. The summed E-state index contributed by atoms with van der Waals surface area (Å²) < 4.78 is 21.9. The molecule has 0 unspecified atom stereocenters. The Kier molecular flexibility index (Phi) is 2.15. The first-order chi connectivity index (χ1) is 5.02. The maximum Gasteiger partial charge on any atom is 0.176 e. The highest BCUT2D eigenvalue weighted by Crippen LogP contribution is 2.22. The third kappa shape index (κ3) is 1.91. The molecule has 0 fully saturated rings. The van der Waals surface area contributed by atoms with Gasteiger partial charge in [0.2, 0.25) is 0 Å². The normalized spacial score (nSPS) is 11.4. The van der Waals surface area contributed by atoms with Crippen LogP contribution in [0.1, 0.15) is 4.88 Å². The lowest BCUT2D eigenvalue weighted by Gasteiger charge is -1.96. The quantitative estimate of drug-likeness (QED) is 0.708. The van der Waals surface area contributed by atoms with Crippen LogP contribution in [0.2, 0.25) is 0 Å². The molecule has 2 nitrogen and oxygen atoms in total. The van der Waals surface area contributed by atoms with Gasteiger partial charge in [-0.2, -0.15) is 0 Å². The van der Waals surface area contributed by atoms with E-state index < -0.39 is 9.84 Å². The van der Waals surface area contributed by atoms with Crippen molar-refractivity contribution in [3.05, 3.63) is 29.0 Å². The first-order valence-corrected chi connectivity index (χ1v) is 5.72. The average molecular weight is 188 g/mol. The van der Waals surface area contributed by atoms with E-state index in [9.17, 15) is 8.42 Å². The van der Waals surface area contributed by atoms with Gasteiger partial charge in [0.05, 0.1) is 4.91 Å². The summed E-state index contributed by atoms with van der Waals surface area (Å²) in [5.41, 5.74) is 0. The molecular weight excluding hydrogens is 180 g/mol. The molecule has 0 bridgehead atoms. The molecule has 0 saturated carbocycles. The summed E-state index contributed by atoms with van der Waals surface area (Å²) >= 11 is 1.38. The Morgan fingerprint density at radius 3 is 2.64 bits per heavy atom. The van der Waals surface area contributed by atoms with Gasteiger partial charge in [-0.1, -0.05) is 12.6 Å². The molecule has 0 spiro atoms. The van der Waals surface area contributed by atoms with Gasteiger partial charge in [-0.3, -0.25) is 0 Å². The van der Waals surface area contributed by atoms with Gasteiger partial charge in [0.25, 0.3) is 0 Å². The highest BCUT2D eigenvalue weighted by atomic mass is 32.2. The third-order valence-corrected chi connectivity index (χ3v) is 3.42. The van der Waals surface area contributed by atoms with Crippen LogP contribution < -0.4 is 0 Å². The third-order valence-electron chi connectivity index (χ3n) is 1.24. The largest absolute Gasteiger partial charge is 0.224 e. The number of sulfone groups is 1. The van der Waals surface area contributed by atoms with Crippen LogP contribution in [0.15, 0.2) is 24.1 Å². The summed E-state index contributed by atoms with van der Waals surface area (Å²) in [6.45, 7) is 3.49. The molecule has 0 amide bonds. The van der Waals surface area contributed by atoms with Gasteiger partial charge in [-0.15, -0.1) is 11.3 Å². The monoisotopic (exact) mass is 188 g/mol. The van der Waals surface area contributed by atoms with Gasteiger partial charge in [-0.05, 0) is 11.4 Å². The molecule has 0 N–H and O–H groups in total. The molecule has 1 aromatic rings. The topological polar surface area (TPSA) is 34.1 Å². The second-order valence-electron chi connectivity index (χ2n) is 2.17. The van der Waals surface area contributed by atoms with E-state index in [0.717, 1.165) is 6.26 Å². The molecule has 11 heavy (non-hydrogen) atoms. The van der Waals surface area contributed by atoms with Crippen molar-refractivity contribution in [2.45, 2.75) is 0 Å². The summed E-state index contributed by atoms with van der Waals surface area (Å²) in [5.74, 6) is 0. The minimum atomic E-state index is -3.11. The molecule has 60 valence electrons. The van der Waals surface area contributed by atoms with Crippen LogP contribution in [0.4, 0.5) is 0 Å². The van der Waals surface area contributed by atoms with E-state index in [1.807, 2.05) is 5.38 Å². The van der Waals surface area contributed by atoms with Crippen molar-refractivity contribution < 1.29 is 8.42 Å². The molecule has 1 aromatic heterocycles. The van der Waals surface area contributed by atoms with E-state index in [0.29, 0.717) is 4.88 Å². The number of hydrogen-bond acceptors (Lipinski definition) is 3. The maximum absolute atomic E-state index is 10.9. The first kappa shape index (κ1) is 8.49. The standard InChI is InChI=1S/C7H8O2S2/c1-6(11(2,8)9)7-4-3-5-10-7/h3-5H,1H2,2H3. The van der Waals surface area contributed by atoms with E-state index in [1.54, 1.807) is 12.1 Å². The van der Waals surface area contributed by atoms with Crippen LogP contribution in [0, 0.1) is 0 Å². The van der Waals surface area contributed by atoms with Crippen LogP contribution in [0.3, 0.4) is 0 Å². The lowest BCUT2D eigenvalue weighted by atomic mass is 10.5. The summed E-state index contributed by atoms with van der Waals surface area (Å²) in [6.07, 6.45) is 1.16. The Labute approximate surface area is 70.1 Å². The molecule has 0 aliphatic heterocycles. The van der Waals surface area contributed by atoms with E-state index in [1.165, 1.54) is 11.3 Å². The summed E-state index contributed by atoms with van der Waals surface area (Å²) in [5, 5.41) is 1.83. The van der Waals surface area contributed by atoms with Gasteiger partial charge in [-0.25, -0.2) is 8.42 Å². The van der Waals surface area contributed by atoms with Crippen LogP contribution in [0.25, 0.3) is 4.91 Å². The van der Waals surface area contributed by atoms with E-state index >= 15 is 0 Å². The van der Waals surface area contributed by atoms with Crippen molar-refractivity contribution in [2.75, 3.05) is 6.26 Å². The van der Waals surface area contributed by atoms with Gasteiger partial charge < -0.3 is 0 Å². The average Bonchev–Trinajstić information content (AvgIpc) is 2.34. The van der Waals surface area contributed by atoms with Gasteiger partial charge in [0.15, 0.2) is 9.84 Å². The van der Waals surface area contributed by atoms with Crippen molar-refractivity contribution in [1.29, 1.82) is 0 Å². The smallest absolute Gasteiger partial charge is 0.176 e. The number of hydrogen-bond donors (Lipinski definition) is 0. The molecule has 0 aromatic carbocycles. The Hall–Kier alpha value is -0.610. The van der Waals surface area contributed by atoms with Crippen LogP contribution in [0.5, 0.6) is 0 Å². The molecule has 0 saturated heterocycles. The molecule has 1 heterocycles. The molecular formula is C7H8O2S2. The van der Waals surface area contributed by atoms with E-state index in [-0.39, 0.29) is 4.91 Å². The van der Waals surface area contributed by atoms with E-state index in [4.69, 9.17) is 0 Å². The minimum Gasteiger partial charge on any atom is -0.224 e. The molecule has 1 rings (SSSR count). The summed E-state index contributed by atoms with van der Waals surface area (Å²) in [7, 11) is -3.11. The fourth-order valence-electron chi connectivity index (χ4n) is 0.620. The fourth-order valence-corrected chi connectivity index (χ4v) is 2.24. The van der Waals surface area contributed by atoms with Crippen molar-refractivity contribution in [2.24, 2.45) is 0 Å². The summed E-state index contributed by atoms with van der Waals surface area (Å²) in [4.78, 5) is 0.917. The summed E-state index contributed by atoms with van der Waals surface area (Å²) in [6, 6.07) is 3.55. The highest BCUT2D eigenvalue weighted by Gasteiger charge is 2.10. The molecule has 0 aliphatic carbocycles. The fraction of sp³-hybridized carbons (Fsp3) is 0.143. The Morgan fingerprint density at radius 1 is 1.64 bits per heavy atom. The number of thiophene rings is 1. The van der Waals surface area contributed by atoms with Crippen molar-refractivity contribution in [3.63, 3.8) is 0 Å². The Bertz CT molecular complexity index is 346. The molecule has 0 radical (unpaired) electrons. The highest BCUT2D eigenvalue weighted by molar-refractivity contribution is 8.00. The first-order valence-electron chi connectivity index (χ1n) is 2.94. The van der Waals surface area contributed by atoms with E-state index in [2.05, 4.69) is 6.58 Å². The van der Waals surface area contributed by atoms with Crippen molar-refractivity contribution in [3.8, 4) is 0 Å². The lowest BCUT2D eigenvalue weighted by molar-refractivity contribution is 0.611. The molecule has 0 atom stereocenters. The van der Waals surface area contributed by atoms with Gasteiger partial charge in [0, 0.05) is 11.1 Å². The predicted octanol–water partition coefficient (Wildman–Crippen LogP) is 1.76. The van der Waals surface area contributed by atoms with Gasteiger partial charge >= 0.3 is 0 Å². The zero-order valence-corrected chi connectivity index (χ0v) is 7.71. The molecule has 4 heteroatoms. The van der Waals surface area contributed by atoms with Gasteiger partial charge in [0.1, 0.15) is 0 Å². The SMILES string of the molecule is C=C(c1cccs1)S(C)(=O)=O. The Balaban J connectivity index is 3.07. The zero-order valence-electron chi connectivity index (χ0n) is 6.07. The number of rotatable bonds is 2. The maximum atomic E-state index is 10.9. The lowest BCUT2D eigenvalue weighted by Crippen LogP contribution is -1.96. The zero-order chi connectivity index (χ0) is 8.48. The minimum absolute atomic E-state index is 0.201.